The van der Waals surface area contributed by atoms with Crippen LogP contribution in [0.2, 0.25) is 0 Å². The van der Waals surface area contributed by atoms with Gasteiger partial charge in [0.25, 0.3) is 0 Å². The normalized spacial score (nSPS) is 14.0. The standard InChI is InChI=1S/C29H35BrFN3O7S/c1-7-38-23-15-19-16-34(28(33-30)24(19)25(31)27(23)39-8-2)17-21(35)18-13-20(29(3,4)5)26(41-42(6,36)37)22(14-18)40-12-10-9-11-32/h13-15H,7-10,12,16-17H2,1-6H3/b33-28-. The number of carbonyl (C=O) groups is 1. The van der Waals surface area contributed by atoms with Gasteiger partial charge in [0, 0.05) is 24.1 Å². The molecule has 0 spiro atoms. The van der Waals surface area contributed by atoms with Crippen molar-refractivity contribution in [3.05, 3.63) is 46.3 Å². The molecule has 0 radical (unpaired) electrons. The van der Waals surface area contributed by atoms with E-state index in [-0.39, 0.29) is 78.5 Å². The average Bonchev–Trinajstić information content (AvgIpc) is 3.25. The highest BCUT2D eigenvalue weighted by molar-refractivity contribution is 9.08. The summed E-state index contributed by atoms with van der Waals surface area (Å²) in [5.41, 5.74) is 0.843. The number of hydrogen-bond acceptors (Lipinski definition) is 9. The van der Waals surface area contributed by atoms with Crippen LogP contribution in [0.15, 0.2) is 22.2 Å². The highest BCUT2D eigenvalue weighted by atomic mass is 79.9. The third-order valence-corrected chi connectivity index (χ3v) is 7.07. The Morgan fingerprint density at radius 1 is 1.12 bits per heavy atom. The van der Waals surface area contributed by atoms with Crippen LogP contribution in [0.4, 0.5) is 4.39 Å². The van der Waals surface area contributed by atoms with E-state index in [1.54, 1.807) is 30.9 Å². The van der Waals surface area contributed by atoms with Crippen molar-refractivity contribution >= 4 is 37.9 Å². The predicted molar refractivity (Wildman–Crippen MR) is 160 cm³/mol. The first-order valence-corrected chi connectivity index (χ1v) is 15.9. The minimum absolute atomic E-state index is 0.0104. The number of benzene rings is 2. The Kier molecular flexibility index (Phi) is 10.8. The highest BCUT2D eigenvalue weighted by Gasteiger charge is 2.35. The fraction of sp³-hybridized carbons (Fsp3) is 0.483. The number of carbonyl (C=O) groups excluding carboxylic acids is 1. The molecule has 0 atom stereocenters. The van der Waals surface area contributed by atoms with Crippen LogP contribution in [-0.4, -0.2) is 57.6 Å². The molecule has 1 heterocycles. The first-order chi connectivity index (χ1) is 19.7. The largest absolute Gasteiger partial charge is 0.490 e. The lowest BCUT2D eigenvalue weighted by Gasteiger charge is -2.25. The van der Waals surface area contributed by atoms with Crippen LogP contribution in [0.5, 0.6) is 23.0 Å². The van der Waals surface area contributed by atoms with Crippen molar-refractivity contribution in [2.75, 3.05) is 32.6 Å². The van der Waals surface area contributed by atoms with E-state index in [0.29, 0.717) is 24.2 Å². The summed E-state index contributed by atoms with van der Waals surface area (Å²) in [6.07, 6.45) is 1.56. The van der Waals surface area contributed by atoms with Crippen molar-refractivity contribution in [1.29, 1.82) is 5.26 Å². The quantitative estimate of drug-likeness (QED) is 0.150. The molecule has 13 heteroatoms. The molecule has 2 aromatic carbocycles. The summed E-state index contributed by atoms with van der Waals surface area (Å²) in [5.74, 6) is -0.435. The van der Waals surface area contributed by atoms with Crippen LogP contribution >= 0.6 is 16.1 Å². The zero-order chi connectivity index (χ0) is 31.2. The monoisotopic (exact) mass is 667 g/mol. The molecule has 0 bridgehead atoms. The molecule has 0 saturated heterocycles. The summed E-state index contributed by atoms with van der Waals surface area (Å²) in [6.45, 7) is 9.77. The summed E-state index contributed by atoms with van der Waals surface area (Å²) in [6, 6.07) is 6.74. The molecule has 2 aromatic rings. The summed E-state index contributed by atoms with van der Waals surface area (Å²) in [4.78, 5) is 15.4. The lowest BCUT2D eigenvalue weighted by atomic mass is 9.84. The van der Waals surface area contributed by atoms with Crippen molar-refractivity contribution in [2.45, 2.75) is 59.4 Å². The van der Waals surface area contributed by atoms with Gasteiger partial charge in [-0.15, -0.1) is 0 Å². The van der Waals surface area contributed by atoms with Gasteiger partial charge in [0.2, 0.25) is 0 Å². The minimum atomic E-state index is -3.93. The number of halogens is 2. The maximum Gasteiger partial charge on any atom is 0.306 e. The molecule has 0 saturated carbocycles. The highest BCUT2D eigenvalue weighted by Crippen LogP contribution is 2.42. The van der Waals surface area contributed by atoms with Crippen molar-refractivity contribution in [3.63, 3.8) is 0 Å². The fourth-order valence-electron chi connectivity index (χ4n) is 4.49. The molecule has 0 amide bonds. The number of ketones is 1. The summed E-state index contributed by atoms with van der Waals surface area (Å²) >= 11 is 3.09. The van der Waals surface area contributed by atoms with Gasteiger partial charge < -0.3 is 23.3 Å². The molecular formula is C29H35BrFN3O7S. The Hall–Kier alpha value is -3.37. The van der Waals surface area contributed by atoms with Crippen molar-refractivity contribution in [2.24, 2.45) is 4.02 Å². The maximum atomic E-state index is 15.7. The number of hydrogen-bond donors (Lipinski definition) is 0. The first kappa shape index (κ1) is 33.1. The number of Topliss-reactive ketones (excluding diaryl/α,β-unsaturated/α-hetero) is 1. The van der Waals surface area contributed by atoms with Gasteiger partial charge in [-0.1, -0.05) is 20.8 Å². The second-order valence-corrected chi connectivity index (χ2v) is 12.5. The van der Waals surface area contributed by atoms with Gasteiger partial charge in [0.1, 0.15) is 5.84 Å². The van der Waals surface area contributed by atoms with Gasteiger partial charge in [-0.05, 0) is 49.4 Å². The molecule has 228 valence electrons. The number of ether oxygens (including phenoxy) is 3. The summed E-state index contributed by atoms with van der Waals surface area (Å²) in [7, 11) is -3.93. The summed E-state index contributed by atoms with van der Waals surface area (Å²) < 4.78 is 66.4. The van der Waals surface area contributed by atoms with E-state index in [2.05, 4.69) is 20.2 Å². The zero-order valence-corrected chi connectivity index (χ0v) is 26.9. The van der Waals surface area contributed by atoms with E-state index in [4.69, 9.17) is 23.7 Å². The Bertz CT molecular complexity index is 1510. The van der Waals surface area contributed by atoms with Crippen LogP contribution < -0.4 is 18.4 Å². The van der Waals surface area contributed by atoms with Crippen LogP contribution in [0.1, 0.15) is 74.5 Å². The van der Waals surface area contributed by atoms with E-state index in [1.807, 2.05) is 26.8 Å². The average molecular weight is 669 g/mol. The second kappa shape index (κ2) is 13.7. The SMILES string of the molecule is CCOc1cc2c(c(F)c1OCC)/C(=N/Br)N(CC(=O)c1cc(OCCCC#N)c(OS(C)(=O)=O)c(C(C)(C)C)c1)C2. The summed E-state index contributed by atoms with van der Waals surface area (Å²) in [5, 5.41) is 8.87. The fourth-order valence-corrected chi connectivity index (χ4v) is 5.37. The Labute approximate surface area is 254 Å². The minimum Gasteiger partial charge on any atom is -0.490 e. The van der Waals surface area contributed by atoms with Gasteiger partial charge in [-0.25, -0.2) is 4.39 Å². The van der Waals surface area contributed by atoms with Crippen LogP contribution in [0.3, 0.4) is 0 Å². The Balaban J connectivity index is 2.03. The van der Waals surface area contributed by atoms with Crippen LogP contribution in [-0.2, 0) is 22.1 Å². The van der Waals surface area contributed by atoms with E-state index in [9.17, 15) is 13.2 Å². The smallest absolute Gasteiger partial charge is 0.306 e. The molecule has 0 fully saturated rings. The van der Waals surface area contributed by atoms with Crippen molar-refractivity contribution in [3.8, 4) is 29.1 Å². The molecule has 0 aromatic heterocycles. The molecule has 0 unspecified atom stereocenters. The number of rotatable bonds is 13. The number of nitriles is 1. The number of unbranched alkanes of at least 4 members (excludes halogenated alkanes) is 1. The third kappa shape index (κ3) is 7.72. The topological polar surface area (TPSA) is 128 Å². The van der Waals surface area contributed by atoms with Crippen LogP contribution in [0.25, 0.3) is 0 Å². The molecule has 10 nitrogen and oxygen atoms in total. The van der Waals surface area contributed by atoms with E-state index in [1.165, 1.54) is 6.07 Å². The van der Waals surface area contributed by atoms with Crippen molar-refractivity contribution < 1.29 is 36.0 Å². The second-order valence-electron chi connectivity index (χ2n) is 10.6. The Morgan fingerprint density at radius 3 is 2.36 bits per heavy atom. The van der Waals surface area contributed by atoms with E-state index >= 15 is 4.39 Å². The molecule has 0 aliphatic carbocycles. The first-order valence-electron chi connectivity index (χ1n) is 13.4. The Morgan fingerprint density at radius 2 is 1.79 bits per heavy atom. The maximum absolute atomic E-state index is 15.7. The van der Waals surface area contributed by atoms with Gasteiger partial charge in [0.05, 0.1) is 60.4 Å². The van der Waals surface area contributed by atoms with E-state index in [0.717, 1.165) is 6.26 Å². The third-order valence-electron chi connectivity index (χ3n) is 6.27. The van der Waals surface area contributed by atoms with Crippen molar-refractivity contribution in [1.82, 2.24) is 4.90 Å². The lowest BCUT2D eigenvalue weighted by molar-refractivity contribution is 0.0962. The van der Waals surface area contributed by atoms with Gasteiger partial charge >= 0.3 is 10.1 Å². The zero-order valence-electron chi connectivity index (χ0n) is 24.5. The lowest BCUT2D eigenvalue weighted by Crippen LogP contribution is -2.31. The van der Waals surface area contributed by atoms with E-state index < -0.39 is 21.4 Å². The predicted octanol–water partition coefficient (Wildman–Crippen LogP) is 5.70. The number of amidine groups is 1. The number of fused-ring (bicyclic) bond motifs is 1. The molecule has 42 heavy (non-hydrogen) atoms. The molecular weight excluding hydrogens is 633 g/mol. The molecule has 0 N–H and O–H groups in total. The van der Waals surface area contributed by atoms with Gasteiger partial charge in [-0.2, -0.15) is 17.7 Å². The number of nitrogens with zero attached hydrogens (tertiary/aromatic N) is 3. The van der Waals surface area contributed by atoms with Gasteiger partial charge in [0.15, 0.2) is 34.6 Å². The molecule has 3 rings (SSSR count). The van der Waals surface area contributed by atoms with Crippen LogP contribution in [0, 0.1) is 17.1 Å². The molecule has 1 aliphatic rings. The van der Waals surface area contributed by atoms with Gasteiger partial charge in [-0.3, -0.25) is 4.79 Å². The molecule has 1 aliphatic heterocycles.